The number of amides is 2. The number of aromatic nitrogens is 2. The van der Waals surface area contributed by atoms with E-state index in [1.165, 1.54) is 7.11 Å². The maximum Gasteiger partial charge on any atom is 0.272 e. The lowest BCUT2D eigenvalue weighted by Crippen LogP contribution is -2.33. The number of halogens is 1. The maximum absolute atomic E-state index is 12.2. The number of hydrogen-bond donors (Lipinski definition) is 3. The second kappa shape index (κ2) is 7.23. The monoisotopic (exact) mass is 358 g/mol. The first-order valence-corrected chi connectivity index (χ1v) is 7.81. The molecule has 1 aromatic heterocycles. The van der Waals surface area contributed by atoms with Gasteiger partial charge in [0.15, 0.2) is 5.69 Å². The van der Waals surface area contributed by atoms with E-state index in [2.05, 4.69) is 20.8 Å². The first kappa shape index (κ1) is 16.8. The quantitative estimate of drug-likeness (QED) is 0.653. The summed E-state index contributed by atoms with van der Waals surface area (Å²) in [7, 11) is 1.49. The Morgan fingerprint density at radius 2 is 2.04 bits per heavy atom. The van der Waals surface area contributed by atoms with E-state index < -0.39 is 11.8 Å². The minimum absolute atomic E-state index is 0.213. The molecule has 2 amide bonds. The number of carbonyl (C=O) groups excluding carboxylic acids is 2. The van der Waals surface area contributed by atoms with Gasteiger partial charge in [0.25, 0.3) is 5.91 Å². The summed E-state index contributed by atoms with van der Waals surface area (Å²) in [6.45, 7) is -0.213. The molecule has 0 bridgehead atoms. The number of nitrogens with zero attached hydrogens (tertiary/aromatic N) is 1. The molecule has 3 aromatic rings. The molecule has 0 atom stereocenters. The van der Waals surface area contributed by atoms with E-state index in [0.29, 0.717) is 21.8 Å². The Bertz CT molecular complexity index is 939. The molecule has 3 N–H and O–H groups in total. The zero-order chi connectivity index (χ0) is 17.8. The minimum Gasteiger partial charge on any atom is -0.495 e. The largest absolute Gasteiger partial charge is 0.495 e. The lowest BCUT2D eigenvalue weighted by Gasteiger charge is -2.10. The molecule has 8 heteroatoms. The summed E-state index contributed by atoms with van der Waals surface area (Å²) in [5.41, 5.74) is 1.42. The number of methoxy groups -OCH3 is 1. The van der Waals surface area contributed by atoms with Gasteiger partial charge >= 0.3 is 0 Å². The van der Waals surface area contributed by atoms with Crippen LogP contribution < -0.4 is 15.4 Å². The van der Waals surface area contributed by atoms with Crippen molar-refractivity contribution >= 4 is 40.0 Å². The van der Waals surface area contributed by atoms with Gasteiger partial charge in [-0.1, -0.05) is 29.8 Å². The van der Waals surface area contributed by atoms with Crippen molar-refractivity contribution in [2.24, 2.45) is 0 Å². The van der Waals surface area contributed by atoms with Crippen molar-refractivity contribution in [1.82, 2.24) is 15.5 Å². The second-order valence-electron chi connectivity index (χ2n) is 5.19. The van der Waals surface area contributed by atoms with E-state index in [1.54, 1.807) is 24.3 Å². The number of ether oxygens (including phenoxy) is 1. The topological polar surface area (TPSA) is 96.1 Å². The second-order valence-corrected chi connectivity index (χ2v) is 5.63. The molecule has 2 aromatic carbocycles. The SMILES string of the molecule is COc1ccc(Cl)cc1NC(=O)CNC(=O)c1n[nH]c2ccccc12. The van der Waals surface area contributed by atoms with E-state index >= 15 is 0 Å². The summed E-state index contributed by atoms with van der Waals surface area (Å²) < 4.78 is 5.16. The van der Waals surface area contributed by atoms with Gasteiger partial charge in [0.05, 0.1) is 24.9 Å². The van der Waals surface area contributed by atoms with Crippen molar-refractivity contribution in [2.45, 2.75) is 0 Å². The van der Waals surface area contributed by atoms with Crippen LogP contribution in [0.1, 0.15) is 10.5 Å². The van der Waals surface area contributed by atoms with Gasteiger partial charge in [0.2, 0.25) is 5.91 Å². The third-order valence-electron chi connectivity index (χ3n) is 3.53. The summed E-state index contributed by atoms with van der Waals surface area (Å²) in [6.07, 6.45) is 0. The highest BCUT2D eigenvalue weighted by Gasteiger charge is 2.15. The number of aromatic amines is 1. The number of carbonyl (C=O) groups is 2. The summed E-state index contributed by atoms with van der Waals surface area (Å²) in [4.78, 5) is 24.3. The summed E-state index contributed by atoms with van der Waals surface area (Å²) >= 11 is 5.92. The molecule has 3 rings (SSSR count). The van der Waals surface area contributed by atoms with Crippen LogP contribution >= 0.6 is 11.6 Å². The average molecular weight is 359 g/mol. The smallest absolute Gasteiger partial charge is 0.272 e. The van der Waals surface area contributed by atoms with Crippen LogP contribution in [0.2, 0.25) is 5.02 Å². The molecule has 0 spiro atoms. The normalized spacial score (nSPS) is 10.5. The van der Waals surface area contributed by atoms with Gasteiger partial charge in [-0.25, -0.2) is 0 Å². The van der Waals surface area contributed by atoms with Crippen LogP contribution in [0.3, 0.4) is 0 Å². The van der Waals surface area contributed by atoms with Crippen LogP contribution in [0, 0.1) is 0 Å². The van der Waals surface area contributed by atoms with E-state index in [4.69, 9.17) is 16.3 Å². The van der Waals surface area contributed by atoms with Crippen LogP contribution in [0.4, 0.5) is 5.69 Å². The Balaban J connectivity index is 1.64. The Hall–Kier alpha value is -3.06. The zero-order valence-electron chi connectivity index (χ0n) is 13.3. The Labute approximate surface area is 148 Å². The van der Waals surface area contributed by atoms with E-state index in [9.17, 15) is 9.59 Å². The number of rotatable bonds is 5. The van der Waals surface area contributed by atoms with Crippen molar-refractivity contribution in [3.8, 4) is 5.75 Å². The van der Waals surface area contributed by atoms with Gasteiger partial charge in [0.1, 0.15) is 5.75 Å². The molecule has 0 saturated heterocycles. The molecule has 0 radical (unpaired) electrons. The number of nitrogens with one attached hydrogen (secondary N) is 3. The van der Waals surface area contributed by atoms with Gasteiger partial charge in [-0.2, -0.15) is 5.10 Å². The van der Waals surface area contributed by atoms with Gasteiger partial charge < -0.3 is 15.4 Å². The lowest BCUT2D eigenvalue weighted by molar-refractivity contribution is -0.115. The number of hydrogen-bond acceptors (Lipinski definition) is 4. The fourth-order valence-electron chi connectivity index (χ4n) is 2.35. The predicted molar refractivity (Wildman–Crippen MR) is 95.1 cm³/mol. The fraction of sp³-hybridized carbons (Fsp3) is 0.118. The van der Waals surface area contributed by atoms with Crippen LogP contribution in [0.25, 0.3) is 10.9 Å². The number of fused-ring (bicyclic) bond motifs is 1. The van der Waals surface area contributed by atoms with Gasteiger partial charge in [-0.15, -0.1) is 0 Å². The van der Waals surface area contributed by atoms with E-state index in [1.807, 2.05) is 18.2 Å². The number of anilines is 1. The van der Waals surface area contributed by atoms with Gasteiger partial charge in [-0.3, -0.25) is 14.7 Å². The van der Waals surface area contributed by atoms with E-state index in [0.717, 1.165) is 5.52 Å². The predicted octanol–water partition coefficient (Wildman–Crippen LogP) is 2.59. The Morgan fingerprint density at radius 1 is 1.24 bits per heavy atom. The standard InChI is InChI=1S/C17H15ClN4O3/c1-25-14-7-6-10(18)8-13(14)20-15(23)9-19-17(24)16-11-4-2-3-5-12(11)21-22-16/h2-8H,9H2,1H3,(H,19,24)(H,20,23)(H,21,22). The van der Waals surface area contributed by atoms with Crippen LogP contribution in [-0.4, -0.2) is 35.7 Å². The molecule has 0 aliphatic carbocycles. The molecular weight excluding hydrogens is 344 g/mol. The summed E-state index contributed by atoms with van der Waals surface area (Å²) in [5.74, 6) is -0.373. The maximum atomic E-state index is 12.2. The third kappa shape index (κ3) is 3.72. The first-order chi connectivity index (χ1) is 12.1. The molecule has 0 unspecified atom stereocenters. The molecule has 7 nitrogen and oxygen atoms in total. The summed E-state index contributed by atoms with van der Waals surface area (Å²) in [6, 6.07) is 12.1. The minimum atomic E-state index is -0.439. The molecule has 0 aliphatic rings. The number of para-hydroxylation sites is 1. The van der Waals surface area contributed by atoms with Crippen LogP contribution in [0.5, 0.6) is 5.75 Å². The van der Waals surface area contributed by atoms with Crippen molar-refractivity contribution in [2.75, 3.05) is 19.0 Å². The van der Waals surface area contributed by atoms with Gasteiger partial charge in [-0.05, 0) is 24.3 Å². The van der Waals surface area contributed by atoms with Crippen LogP contribution in [-0.2, 0) is 4.79 Å². The summed E-state index contributed by atoms with van der Waals surface area (Å²) in [5, 5.41) is 13.1. The Kier molecular flexibility index (Phi) is 4.85. The third-order valence-corrected chi connectivity index (χ3v) is 3.77. The number of H-pyrrole nitrogens is 1. The molecular formula is C17H15ClN4O3. The number of benzene rings is 2. The van der Waals surface area contributed by atoms with Crippen LogP contribution in [0.15, 0.2) is 42.5 Å². The molecule has 0 fully saturated rings. The molecule has 0 aliphatic heterocycles. The lowest BCUT2D eigenvalue weighted by atomic mass is 10.2. The van der Waals surface area contributed by atoms with Crippen molar-refractivity contribution in [3.05, 3.63) is 53.2 Å². The van der Waals surface area contributed by atoms with Gasteiger partial charge in [0, 0.05) is 10.4 Å². The highest BCUT2D eigenvalue weighted by molar-refractivity contribution is 6.31. The Morgan fingerprint density at radius 3 is 2.84 bits per heavy atom. The highest BCUT2D eigenvalue weighted by atomic mass is 35.5. The van der Waals surface area contributed by atoms with Crippen molar-refractivity contribution in [1.29, 1.82) is 0 Å². The average Bonchev–Trinajstić information content (AvgIpc) is 3.04. The molecule has 0 saturated carbocycles. The molecule has 1 heterocycles. The molecule has 25 heavy (non-hydrogen) atoms. The van der Waals surface area contributed by atoms with Crippen molar-refractivity contribution < 1.29 is 14.3 Å². The fourth-order valence-corrected chi connectivity index (χ4v) is 2.53. The van der Waals surface area contributed by atoms with E-state index in [-0.39, 0.29) is 12.2 Å². The zero-order valence-corrected chi connectivity index (χ0v) is 14.1. The van der Waals surface area contributed by atoms with Crippen molar-refractivity contribution in [3.63, 3.8) is 0 Å². The first-order valence-electron chi connectivity index (χ1n) is 7.43. The molecule has 128 valence electrons. The highest BCUT2D eigenvalue weighted by Crippen LogP contribution is 2.27.